The Bertz CT molecular complexity index is 414. The largest absolute Gasteiger partial charge is 0.350 e. The maximum Gasteiger partial charge on any atom is 0.314 e. The van der Waals surface area contributed by atoms with Crippen molar-refractivity contribution in [1.82, 2.24) is 10.3 Å². The lowest BCUT2D eigenvalue weighted by Gasteiger charge is -2.20. The number of hydrogen-bond donors (Lipinski definition) is 1. The molecule has 2 rings (SSSR count). The average Bonchev–Trinajstić information content (AvgIpc) is 2.56. The number of anilines is 1. The van der Waals surface area contributed by atoms with Crippen LogP contribution in [0.5, 0.6) is 0 Å². The summed E-state index contributed by atoms with van der Waals surface area (Å²) in [5.74, 6) is 0.499. The van der Waals surface area contributed by atoms with Gasteiger partial charge in [-0.2, -0.15) is 0 Å². The Morgan fingerprint density at radius 3 is 3.06 bits per heavy atom. The van der Waals surface area contributed by atoms with Crippen molar-refractivity contribution in [3.63, 3.8) is 0 Å². The maximum absolute atomic E-state index is 11.1. The van der Waals surface area contributed by atoms with Gasteiger partial charge in [-0.05, 0) is 26.0 Å². The second kappa shape index (κ2) is 5.09. The molecule has 1 N–H and O–H groups in total. The minimum Gasteiger partial charge on any atom is -0.350 e. The lowest BCUT2D eigenvalue weighted by molar-refractivity contribution is -0.384. The molecule has 0 amide bonds. The molecule has 6 nitrogen and oxygen atoms in total. The van der Waals surface area contributed by atoms with E-state index in [0.29, 0.717) is 11.4 Å². The van der Waals surface area contributed by atoms with E-state index in [-0.39, 0.29) is 10.6 Å². The fourth-order valence-electron chi connectivity index (χ4n) is 2.05. The van der Waals surface area contributed by atoms with Crippen molar-refractivity contribution in [3.05, 3.63) is 27.9 Å². The number of hydrogen-bond acceptors (Lipinski definition) is 5. The van der Waals surface area contributed by atoms with E-state index in [4.69, 9.17) is 0 Å². The second-order valence-corrected chi connectivity index (χ2v) is 4.15. The first-order valence-electron chi connectivity index (χ1n) is 5.76. The van der Waals surface area contributed by atoms with Crippen molar-refractivity contribution < 1.29 is 4.92 Å². The first kappa shape index (κ1) is 11.8. The average molecular weight is 236 g/mol. The maximum atomic E-state index is 11.1. The molecule has 0 spiro atoms. The Labute approximate surface area is 99.8 Å². The summed E-state index contributed by atoms with van der Waals surface area (Å²) >= 11 is 0. The summed E-state index contributed by atoms with van der Waals surface area (Å²) in [6.07, 6.45) is 2.61. The quantitative estimate of drug-likeness (QED) is 0.615. The number of aryl methyl sites for hydroxylation is 1. The molecule has 1 aromatic heterocycles. The summed E-state index contributed by atoms with van der Waals surface area (Å²) in [6.45, 7) is 5.11. The van der Waals surface area contributed by atoms with Gasteiger partial charge in [0, 0.05) is 31.4 Å². The first-order chi connectivity index (χ1) is 8.20. The summed E-state index contributed by atoms with van der Waals surface area (Å²) in [4.78, 5) is 16.9. The van der Waals surface area contributed by atoms with Crippen molar-refractivity contribution in [2.75, 3.05) is 31.1 Å². The van der Waals surface area contributed by atoms with Gasteiger partial charge in [-0.3, -0.25) is 10.1 Å². The number of nitrogens with one attached hydrogen (secondary N) is 1. The van der Waals surface area contributed by atoms with Crippen LogP contribution in [0.15, 0.2) is 12.3 Å². The monoisotopic (exact) mass is 236 g/mol. The number of rotatable bonds is 2. The van der Waals surface area contributed by atoms with Crippen LogP contribution < -0.4 is 10.2 Å². The molecule has 6 heteroatoms. The normalized spacial score (nSPS) is 16.6. The summed E-state index contributed by atoms with van der Waals surface area (Å²) in [5.41, 5.74) is 0.798. The summed E-state index contributed by atoms with van der Waals surface area (Å²) in [5, 5.41) is 14.4. The Hall–Kier alpha value is -1.69. The molecular formula is C11H16N4O2. The van der Waals surface area contributed by atoms with E-state index in [1.165, 1.54) is 0 Å². The van der Waals surface area contributed by atoms with Gasteiger partial charge in [-0.15, -0.1) is 0 Å². The zero-order chi connectivity index (χ0) is 12.3. The topological polar surface area (TPSA) is 71.3 Å². The molecule has 17 heavy (non-hydrogen) atoms. The highest BCUT2D eigenvalue weighted by Gasteiger charge is 2.23. The van der Waals surface area contributed by atoms with Gasteiger partial charge >= 0.3 is 5.69 Å². The van der Waals surface area contributed by atoms with E-state index in [2.05, 4.69) is 10.3 Å². The van der Waals surface area contributed by atoms with Gasteiger partial charge in [0.05, 0.1) is 4.92 Å². The highest BCUT2D eigenvalue weighted by Crippen LogP contribution is 2.28. The van der Waals surface area contributed by atoms with Crippen molar-refractivity contribution in [3.8, 4) is 0 Å². The third-order valence-electron chi connectivity index (χ3n) is 2.93. The van der Waals surface area contributed by atoms with E-state index in [0.717, 1.165) is 32.6 Å². The van der Waals surface area contributed by atoms with Crippen molar-refractivity contribution in [2.24, 2.45) is 0 Å². The van der Waals surface area contributed by atoms with Crippen LogP contribution in [-0.4, -0.2) is 36.1 Å². The van der Waals surface area contributed by atoms with Crippen LogP contribution in [0.4, 0.5) is 11.5 Å². The SMILES string of the molecule is Cc1ccnc(N2CCCNCC2)c1[N+](=O)[O-]. The lowest BCUT2D eigenvalue weighted by Crippen LogP contribution is -2.29. The van der Waals surface area contributed by atoms with Gasteiger partial charge in [-0.25, -0.2) is 4.98 Å². The first-order valence-corrected chi connectivity index (χ1v) is 5.76. The standard InChI is InChI=1S/C11H16N4O2/c1-9-3-5-13-11(10(9)15(16)17)14-7-2-4-12-6-8-14/h3,5,12H,2,4,6-8H2,1H3. The molecule has 1 saturated heterocycles. The molecule has 92 valence electrons. The fourth-order valence-corrected chi connectivity index (χ4v) is 2.05. The van der Waals surface area contributed by atoms with Crippen LogP contribution in [0, 0.1) is 17.0 Å². The predicted molar refractivity (Wildman–Crippen MR) is 65.3 cm³/mol. The van der Waals surface area contributed by atoms with E-state index < -0.39 is 0 Å². The summed E-state index contributed by atoms with van der Waals surface area (Å²) in [7, 11) is 0. The predicted octanol–water partition coefficient (Wildman–Crippen LogP) is 1.10. The number of aromatic nitrogens is 1. The molecule has 0 atom stereocenters. The minimum atomic E-state index is -0.337. The number of nitro groups is 1. The molecule has 0 aliphatic carbocycles. The van der Waals surface area contributed by atoms with Crippen LogP contribution in [0.3, 0.4) is 0 Å². The molecule has 0 unspecified atom stereocenters. The van der Waals surface area contributed by atoms with Gasteiger partial charge in [0.2, 0.25) is 5.82 Å². The minimum absolute atomic E-state index is 0.134. The molecule has 1 fully saturated rings. The van der Waals surface area contributed by atoms with Crippen LogP contribution in [0.1, 0.15) is 12.0 Å². The number of nitrogens with zero attached hydrogens (tertiary/aromatic N) is 3. The van der Waals surface area contributed by atoms with Crippen LogP contribution in [0.2, 0.25) is 0 Å². The molecule has 1 aliphatic rings. The Morgan fingerprint density at radius 2 is 2.29 bits per heavy atom. The van der Waals surface area contributed by atoms with Crippen molar-refractivity contribution in [2.45, 2.75) is 13.3 Å². The molecule has 1 aliphatic heterocycles. The van der Waals surface area contributed by atoms with Crippen molar-refractivity contribution in [1.29, 1.82) is 0 Å². The van der Waals surface area contributed by atoms with E-state index in [1.807, 2.05) is 4.90 Å². The number of pyridine rings is 1. The molecule has 0 aromatic carbocycles. The van der Waals surface area contributed by atoms with Crippen LogP contribution >= 0.6 is 0 Å². The van der Waals surface area contributed by atoms with Gasteiger partial charge in [0.25, 0.3) is 0 Å². The molecule has 0 bridgehead atoms. The third kappa shape index (κ3) is 2.52. The van der Waals surface area contributed by atoms with Crippen LogP contribution in [0.25, 0.3) is 0 Å². The third-order valence-corrected chi connectivity index (χ3v) is 2.93. The molecule has 0 saturated carbocycles. The summed E-state index contributed by atoms with van der Waals surface area (Å²) in [6, 6.07) is 1.68. The fraction of sp³-hybridized carbons (Fsp3) is 0.545. The Kier molecular flexibility index (Phi) is 3.53. The van der Waals surface area contributed by atoms with Crippen molar-refractivity contribution >= 4 is 11.5 Å². The van der Waals surface area contributed by atoms with E-state index in [1.54, 1.807) is 19.2 Å². The Balaban J connectivity index is 2.36. The van der Waals surface area contributed by atoms with Gasteiger partial charge < -0.3 is 10.2 Å². The van der Waals surface area contributed by atoms with Gasteiger partial charge in [0.1, 0.15) is 0 Å². The van der Waals surface area contributed by atoms with Gasteiger partial charge in [-0.1, -0.05) is 0 Å². The van der Waals surface area contributed by atoms with Crippen LogP contribution in [-0.2, 0) is 0 Å². The molecule has 1 aromatic rings. The lowest BCUT2D eigenvalue weighted by atomic mass is 10.2. The highest BCUT2D eigenvalue weighted by molar-refractivity contribution is 5.61. The molecule has 0 radical (unpaired) electrons. The van der Waals surface area contributed by atoms with E-state index >= 15 is 0 Å². The highest BCUT2D eigenvalue weighted by atomic mass is 16.6. The van der Waals surface area contributed by atoms with Gasteiger partial charge in [0.15, 0.2) is 0 Å². The smallest absolute Gasteiger partial charge is 0.314 e. The Morgan fingerprint density at radius 1 is 1.47 bits per heavy atom. The second-order valence-electron chi connectivity index (χ2n) is 4.15. The zero-order valence-corrected chi connectivity index (χ0v) is 9.85. The molecular weight excluding hydrogens is 220 g/mol. The zero-order valence-electron chi connectivity index (χ0n) is 9.85. The van der Waals surface area contributed by atoms with E-state index in [9.17, 15) is 10.1 Å². The molecule has 2 heterocycles. The summed E-state index contributed by atoms with van der Waals surface area (Å²) < 4.78 is 0.